The highest BCUT2D eigenvalue weighted by atomic mass is 16.5. The van der Waals surface area contributed by atoms with Gasteiger partial charge in [-0.3, -0.25) is 4.79 Å². The zero-order valence-corrected chi connectivity index (χ0v) is 21.7. The number of hydrogen-bond donors (Lipinski definition) is 2. The van der Waals surface area contributed by atoms with Crippen LogP contribution in [0, 0.1) is 0 Å². The Bertz CT molecular complexity index is 1890. The molecular weight excluding hydrogens is 486 g/mol. The van der Waals surface area contributed by atoms with E-state index in [9.17, 15) is 19.8 Å². The summed E-state index contributed by atoms with van der Waals surface area (Å²) in [5.74, 6) is -0.0672. The lowest BCUT2D eigenvalue weighted by Crippen LogP contribution is -2.12. The van der Waals surface area contributed by atoms with Crippen LogP contribution in [-0.4, -0.2) is 29.0 Å². The zero-order valence-electron chi connectivity index (χ0n) is 21.7. The molecule has 0 saturated heterocycles. The van der Waals surface area contributed by atoms with Gasteiger partial charge in [0.1, 0.15) is 28.6 Å². The molecule has 2 N–H and O–H groups in total. The second kappa shape index (κ2) is 9.30. The van der Waals surface area contributed by atoms with Crippen molar-refractivity contribution in [2.24, 2.45) is 7.05 Å². The number of pyridine rings is 1. The molecule has 0 radical (unpaired) electrons. The molecule has 0 bridgehead atoms. The highest BCUT2D eigenvalue weighted by Gasteiger charge is 2.28. The van der Waals surface area contributed by atoms with E-state index in [1.807, 2.05) is 26.0 Å². The second-order valence-electron chi connectivity index (χ2n) is 9.40. The molecule has 8 nitrogen and oxygen atoms in total. The summed E-state index contributed by atoms with van der Waals surface area (Å²) >= 11 is 0. The SMILES string of the molecule is COc1cc2oc(=O)ccc2cc1C(C=C(C)C)c1c(OC)cc2c(c1O)c(=O)c1cccc(O)c1n2C. The van der Waals surface area contributed by atoms with Gasteiger partial charge in [0.15, 0.2) is 0 Å². The molecule has 3 aromatic carbocycles. The summed E-state index contributed by atoms with van der Waals surface area (Å²) in [5.41, 5.74) is 2.26. The van der Waals surface area contributed by atoms with Gasteiger partial charge in [-0.1, -0.05) is 17.7 Å². The summed E-state index contributed by atoms with van der Waals surface area (Å²) < 4.78 is 18.5. The van der Waals surface area contributed by atoms with Gasteiger partial charge < -0.3 is 28.7 Å². The number of benzene rings is 3. The van der Waals surface area contributed by atoms with Crippen LogP contribution in [0.4, 0.5) is 0 Å². The maximum absolute atomic E-state index is 13.7. The zero-order chi connectivity index (χ0) is 27.3. The van der Waals surface area contributed by atoms with Gasteiger partial charge in [0, 0.05) is 47.7 Å². The maximum atomic E-state index is 13.7. The van der Waals surface area contributed by atoms with Crippen molar-refractivity contribution in [3.8, 4) is 23.0 Å². The van der Waals surface area contributed by atoms with E-state index in [-0.39, 0.29) is 22.3 Å². The summed E-state index contributed by atoms with van der Waals surface area (Å²) in [6.07, 6.45) is 1.95. The van der Waals surface area contributed by atoms with Crippen molar-refractivity contribution in [2.45, 2.75) is 19.8 Å². The fourth-order valence-corrected chi connectivity index (χ4v) is 5.12. The first-order valence-corrected chi connectivity index (χ1v) is 12.0. The molecule has 1 unspecified atom stereocenters. The first-order valence-electron chi connectivity index (χ1n) is 12.0. The second-order valence-corrected chi connectivity index (χ2v) is 9.40. The minimum Gasteiger partial charge on any atom is -0.507 e. The number of phenols is 2. The molecule has 0 aliphatic rings. The average Bonchev–Trinajstić information content (AvgIpc) is 2.89. The molecule has 194 valence electrons. The van der Waals surface area contributed by atoms with Gasteiger partial charge in [-0.15, -0.1) is 0 Å². The first-order chi connectivity index (χ1) is 18.2. The highest BCUT2D eigenvalue weighted by molar-refractivity contribution is 6.00. The number of nitrogens with zero attached hydrogens (tertiary/aromatic N) is 1. The topological polar surface area (TPSA) is 111 Å². The number of ether oxygens (including phenoxy) is 2. The molecule has 5 aromatic rings. The number of allylic oxidation sites excluding steroid dienone is 2. The quantitative estimate of drug-likeness (QED) is 0.186. The lowest BCUT2D eigenvalue weighted by atomic mass is 9.86. The molecule has 8 heteroatoms. The van der Waals surface area contributed by atoms with Gasteiger partial charge in [0.25, 0.3) is 0 Å². The van der Waals surface area contributed by atoms with Gasteiger partial charge in [0.05, 0.1) is 36.0 Å². The molecule has 0 amide bonds. The van der Waals surface area contributed by atoms with E-state index >= 15 is 0 Å². The Hall–Kier alpha value is -4.72. The molecule has 1 atom stereocenters. The average molecular weight is 514 g/mol. The molecule has 0 aliphatic carbocycles. The molecule has 0 aliphatic heterocycles. The molecule has 0 fully saturated rings. The Morgan fingerprint density at radius 1 is 1.00 bits per heavy atom. The molecule has 38 heavy (non-hydrogen) atoms. The summed E-state index contributed by atoms with van der Waals surface area (Å²) in [4.78, 5) is 25.5. The Kier molecular flexibility index (Phi) is 6.11. The van der Waals surface area contributed by atoms with E-state index in [4.69, 9.17) is 13.9 Å². The molecule has 2 aromatic heterocycles. The third-order valence-electron chi connectivity index (χ3n) is 6.80. The van der Waals surface area contributed by atoms with Crippen molar-refractivity contribution in [3.05, 3.63) is 92.0 Å². The molecule has 0 spiro atoms. The number of aromatic hydroxyl groups is 2. The van der Waals surface area contributed by atoms with Crippen molar-refractivity contribution in [3.63, 3.8) is 0 Å². The van der Waals surface area contributed by atoms with E-state index in [1.54, 1.807) is 41.9 Å². The van der Waals surface area contributed by atoms with Crippen LogP contribution >= 0.6 is 0 Å². The van der Waals surface area contributed by atoms with E-state index < -0.39 is 17.0 Å². The molecule has 5 rings (SSSR count). The van der Waals surface area contributed by atoms with Crippen molar-refractivity contribution >= 4 is 32.8 Å². The van der Waals surface area contributed by atoms with Crippen molar-refractivity contribution in [1.82, 2.24) is 4.57 Å². The number of hydrogen-bond acceptors (Lipinski definition) is 7. The van der Waals surface area contributed by atoms with Crippen LogP contribution in [0.15, 0.2) is 74.2 Å². The lowest BCUT2D eigenvalue weighted by molar-refractivity contribution is 0.396. The van der Waals surface area contributed by atoms with E-state index in [2.05, 4.69) is 0 Å². The summed E-state index contributed by atoms with van der Waals surface area (Å²) in [6, 6.07) is 12.9. The smallest absolute Gasteiger partial charge is 0.336 e. The summed E-state index contributed by atoms with van der Waals surface area (Å²) in [5, 5.41) is 23.3. The number of rotatable bonds is 5. The number of methoxy groups -OCH3 is 2. The van der Waals surface area contributed by atoms with E-state index in [0.29, 0.717) is 44.6 Å². The molecule has 2 heterocycles. The van der Waals surface area contributed by atoms with Gasteiger partial charge >= 0.3 is 5.63 Å². The first kappa shape index (κ1) is 25.0. The van der Waals surface area contributed by atoms with Crippen molar-refractivity contribution in [2.75, 3.05) is 14.2 Å². The van der Waals surface area contributed by atoms with Gasteiger partial charge in [0.2, 0.25) is 5.43 Å². The third kappa shape index (κ3) is 3.85. The highest BCUT2D eigenvalue weighted by Crippen LogP contribution is 2.46. The number of phenolic OH excluding ortho intramolecular Hbond substituents is 2. The Morgan fingerprint density at radius 3 is 2.42 bits per heavy atom. The van der Waals surface area contributed by atoms with Crippen molar-refractivity contribution in [1.29, 1.82) is 0 Å². The van der Waals surface area contributed by atoms with Crippen LogP contribution < -0.4 is 20.5 Å². The van der Waals surface area contributed by atoms with Crippen LogP contribution in [0.25, 0.3) is 32.8 Å². The fourth-order valence-electron chi connectivity index (χ4n) is 5.12. The fraction of sp³-hybridized carbons (Fsp3) is 0.200. The summed E-state index contributed by atoms with van der Waals surface area (Å²) in [6.45, 7) is 3.86. The van der Waals surface area contributed by atoms with Crippen LogP contribution in [0.1, 0.15) is 30.9 Å². The van der Waals surface area contributed by atoms with Crippen LogP contribution in [0.2, 0.25) is 0 Å². The summed E-state index contributed by atoms with van der Waals surface area (Å²) in [7, 11) is 4.72. The van der Waals surface area contributed by atoms with E-state index in [0.717, 1.165) is 5.57 Å². The van der Waals surface area contributed by atoms with E-state index in [1.165, 1.54) is 26.4 Å². The largest absolute Gasteiger partial charge is 0.507 e. The minimum absolute atomic E-state index is 0.0403. The Labute approximate surface area is 217 Å². The Balaban J connectivity index is 1.92. The molecule has 0 saturated carbocycles. The number of para-hydroxylation sites is 1. The van der Waals surface area contributed by atoms with Crippen molar-refractivity contribution < 1.29 is 24.1 Å². The monoisotopic (exact) mass is 513 g/mol. The van der Waals surface area contributed by atoms with Gasteiger partial charge in [-0.2, -0.15) is 0 Å². The van der Waals surface area contributed by atoms with Crippen LogP contribution in [-0.2, 0) is 7.05 Å². The Morgan fingerprint density at radius 2 is 1.74 bits per heavy atom. The minimum atomic E-state index is -0.588. The number of aryl methyl sites for hydroxylation is 1. The number of fused-ring (bicyclic) bond motifs is 3. The maximum Gasteiger partial charge on any atom is 0.336 e. The normalized spacial score (nSPS) is 12.1. The molecular formula is C30H27NO7. The predicted octanol–water partition coefficient (Wildman–Crippen LogP) is 5.32. The van der Waals surface area contributed by atoms with Crippen LogP contribution in [0.3, 0.4) is 0 Å². The lowest BCUT2D eigenvalue weighted by Gasteiger charge is -2.23. The van der Waals surface area contributed by atoms with Gasteiger partial charge in [-0.05, 0) is 38.1 Å². The standard InChI is InChI=1S/C30H27NO7/c1-15(2)11-19(18-12-16-9-10-25(33)38-22(16)14-23(18)36-4)26-24(37-5)13-20-27(30(26)35)29(34)17-7-6-8-21(32)28(17)31(20)3/h6-14,19,32,35H,1-5H3. The third-order valence-corrected chi connectivity index (χ3v) is 6.80. The van der Waals surface area contributed by atoms with Gasteiger partial charge in [-0.25, -0.2) is 4.79 Å². The number of aromatic nitrogens is 1. The predicted molar refractivity (Wildman–Crippen MR) is 147 cm³/mol. The van der Waals surface area contributed by atoms with Crippen LogP contribution in [0.5, 0.6) is 23.0 Å².